The average molecular weight is 438 g/mol. The number of hydrogen-bond donors (Lipinski definition) is 2. The summed E-state index contributed by atoms with van der Waals surface area (Å²) in [5.41, 5.74) is 0.397. The summed E-state index contributed by atoms with van der Waals surface area (Å²) in [7, 11) is -4.06. The van der Waals surface area contributed by atoms with Gasteiger partial charge < -0.3 is 10.3 Å². The van der Waals surface area contributed by atoms with Crippen LogP contribution in [0.2, 0.25) is 0 Å². The number of halogens is 3. The SMILES string of the molecule is CC1CN(S(=O)(=O)c2cc(C(=O)Nc3ccc(F)c(F)c3)c3nc[nH]c3c2)CC1F. The number of rotatable bonds is 4. The summed E-state index contributed by atoms with van der Waals surface area (Å²) < 4.78 is 67.5. The molecule has 30 heavy (non-hydrogen) atoms. The molecule has 11 heteroatoms. The van der Waals surface area contributed by atoms with Gasteiger partial charge in [-0.2, -0.15) is 4.31 Å². The molecule has 0 bridgehead atoms. The topological polar surface area (TPSA) is 95.2 Å². The first-order chi connectivity index (χ1) is 14.2. The molecule has 2 unspecified atom stereocenters. The number of fused-ring (bicyclic) bond motifs is 1. The van der Waals surface area contributed by atoms with Crippen LogP contribution in [-0.2, 0) is 10.0 Å². The lowest BCUT2D eigenvalue weighted by Gasteiger charge is -2.16. The average Bonchev–Trinajstić information content (AvgIpc) is 3.30. The minimum absolute atomic E-state index is 0.00974. The van der Waals surface area contributed by atoms with Crippen molar-refractivity contribution >= 4 is 32.7 Å². The third kappa shape index (κ3) is 3.54. The second kappa shape index (κ2) is 7.40. The van der Waals surface area contributed by atoms with Crippen LogP contribution >= 0.6 is 0 Å². The van der Waals surface area contributed by atoms with Crippen LogP contribution in [0.1, 0.15) is 17.3 Å². The van der Waals surface area contributed by atoms with Crippen molar-refractivity contribution in [2.24, 2.45) is 5.92 Å². The van der Waals surface area contributed by atoms with E-state index >= 15 is 0 Å². The third-order valence-corrected chi connectivity index (χ3v) is 6.85. The molecule has 1 saturated heterocycles. The summed E-state index contributed by atoms with van der Waals surface area (Å²) in [5, 5.41) is 2.40. The zero-order chi connectivity index (χ0) is 21.6. The van der Waals surface area contributed by atoms with Gasteiger partial charge in [-0.3, -0.25) is 4.79 Å². The van der Waals surface area contributed by atoms with Crippen LogP contribution in [0.25, 0.3) is 11.0 Å². The van der Waals surface area contributed by atoms with Crippen LogP contribution < -0.4 is 5.32 Å². The Morgan fingerprint density at radius 1 is 1.20 bits per heavy atom. The van der Waals surface area contributed by atoms with Crippen molar-refractivity contribution in [3.05, 3.63) is 53.9 Å². The lowest BCUT2D eigenvalue weighted by molar-refractivity contribution is 0.102. The first-order valence-corrected chi connectivity index (χ1v) is 10.5. The number of imidazole rings is 1. The standard InChI is InChI=1S/C19H17F3N4O3S/c1-10-7-26(8-16(10)22)30(28,29)12-5-13(18-17(6-12)23-9-24-18)19(27)25-11-2-3-14(20)15(21)4-11/h2-6,9-10,16H,7-8H2,1H3,(H,23,24)(H,25,27). The van der Waals surface area contributed by atoms with Gasteiger partial charge in [0.1, 0.15) is 11.7 Å². The minimum Gasteiger partial charge on any atom is -0.345 e. The van der Waals surface area contributed by atoms with Crippen LogP contribution in [0.5, 0.6) is 0 Å². The lowest BCUT2D eigenvalue weighted by atomic mass is 10.1. The summed E-state index contributed by atoms with van der Waals surface area (Å²) in [6, 6.07) is 5.30. The third-order valence-electron chi connectivity index (χ3n) is 5.04. The highest BCUT2D eigenvalue weighted by molar-refractivity contribution is 7.89. The van der Waals surface area contributed by atoms with E-state index < -0.39 is 39.7 Å². The Labute approximate surface area is 170 Å². The van der Waals surface area contributed by atoms with E-state index in [1.807, 2.05) is 0 Å². The number of sulfonamides is 1. The number of H-pyrrole nitrogens is 1. The molecular weight excluding hydrogens is 421 g/mol. The Bertz CT molecular complexity index is 1240. The molecule has 2 N–H and O–H groups in total. The van der Waals surface area contributed by atoms with Gasteiger partial charge in [0.05, 0.1) is 22.3 Å². The van der Waals surface area contributed by atoms with Crippen molar-refractivity contribution in [1.29, 1.82) is 0 Å². The highest BCUT2D eigenvalue weighted by Gasteiger charge is 2.38. The number of carbonyl (C=O) groups excluding carboxylic acids is 1. The van der Waals surface area contributed by atoms with Gasteiger partial charge in [0.15, 0.2) is 11.6 Å². The highest BCUT2D eigenvalue weighted by Crippen LogP contribution is 2.29. The molecule has 7 nitrogen and oxygen atoms in total. The van der Waals surface area contributed by atoms with E-state index in [4.69, 9.17) is 0 Å². The molecule has 1 amide bonds. The predicted octanol–water partition coefficient (Wildman–Crippen LogP) is 3.07. The summed E-state index contributed by atoms with van der Waals surface area (Å²) in [6.07, 6.45) is 0.0251. The molecule has 0 radical (unpaired) electrons. The number of nitrogens with zero attached hydrogens (tertiary/aromatic N) is 2. The van der Waals surface area contributed by atoms with Crippen molar-refractivity contribution in [2.45, 2.75) is 18.0 Å². The number of alkyl halides is 1. The van der Waals surface area contributed by atoms with Crippen molar-refractivity contribution in [3.63, 3.8) is 0 Å². The van der Waals surface area contributed by atoms with Gasteiger partial charge in [0, 0.05) is 30.8 Å². The van der Waals surface area contributed by atoms with Crippen LogP contribution in [0.15, 0.2) is 41.6 Å². The molecule has 3 aromatic rings. The van der Waals surface area contributed by atoms with E-state index in [1.165, 1.54) is 18.5 Å². The van der Waals surface area contributed by atoms with E-state index in [-0.39, 0.29) is 40.3 Å². The molecule has 1 aromatic heterocycles. The maximum absolute atomic E-state index is 13.9. The summed E-state index contributed by atoms with van der Waals surface area (Å²) in [5.74, 6) is -3.40. The number of nitrogens with one attached hydrogen (secondary N) is 2. The zero-order valence-electron chi connectivity index (χ0n) is 15.7. The van der Waals surface area contributed by atoms with Crippen molar-refractivity contribution in [2.75, 3.05) is 18.4 Å². The molecule has 1 fully saturated rings. The van der Waals surface area contributed by atoms with Crippen LogP contribution in [-0.4, -0.2) is 47.9 Å². The van der Waals surface area contributed by atoms with Gasteiger partial charge in [0.2, 0.25) is 10.0 Å². The van der Waals surface area contributed by atoms with Crippen molar-refractivity contribution < 1.29 is 26.4 Å². The number of benzene rings is 2. The number of aromatic nitrogens is 2. The molecule has 1 aliphatic rings. The maximum atomic E-state index is 13.9. The number of carbonyl (C=O) groups is 1. The largest absolute Gasteiger partial charge is 0.345 e. The number of hydrogen-bond acceptors (Lipinski definition) is 4. The highest BCUT2D eigenvalue weighted by atomic mass is 32.2. The van der Waals surface area contributed by atoms with Gasteiger partial charge >= 0.3 is 0 Å². The van der Waals surface area contributed by atoms with Crippen molar-refractivity contribution in [3.8, 4) is 0 Å². The van der Waals surface area contributed by atoms with Gasteiger partial charge in [-0.1, -0.05) is 6.92 Å². The second-order valence-electron chi connectivity index (χ2n) is 7.17. The van der Waals surface area contributed by atoms with E-state index in [0.29, 0.717) is 0 Å². The van der Waals surface area contributed by atoms with Crippen LogP contribution in [0, 0.1) is 17.6 Å². The fourth-order valence-electron chi connectivity index (χ4n) is 3.35. The first-order valence-electron chi connectivity index (χ1n) is 9.04. The molecular formula is C19H17F3N4O3S. The quantitative estimate of drug-likeness (QED) is 0.655. The fraction of sp³-hybridized carbons (Fsp3) is 0.263. The second-order valence-corrected chi connectivity index (χ2v) is 9.11. The van der Waals surface area contributed by atoms with Crippen molar-refractivity contribution in [1.82, 2.24) is 14.3 Å². The fourth-order valence-corrected chi connectivity index (χ4v) is 4.95. The molecule has 0 aliphatic carbocycles. The molecule has 2 aromatic carbocycles. The molecule has 4 rings (SSSR count). The van der Waals surface area contributed by atoms with Gasteiger partial charge in [-0.05, 0) is 24.3 Å². The summed E-state index contributed by atoms with van der Waals surface area (Å²) >= 11 is 0. The van der Waals surface area contributed by atoms with E-state index in [0.717, 1.165) is 22.5 Å². The Morgan fingerprint density at radius 2 is 1.97 bits per heavy atom. The normalized spacial score (nSPS) is 20.0. The number of amides is 1. The molecule has 0 saturated carbocycles. The molecule has 158 valence electrons. The predicted molar refractivity (Wildman–Crippen MR) is 103 cm³/mol. The van der Waals surface area contributed by atoms with E-state index in [9.17, 15) is 26.4 Å². The lowest BCUT2D eigenvalue weighted by Crippen LogP contribution is -2.29. The minimum atomic E-state index is -4.06. The molecule has 0 spiro atoms. The van der Waals surface area contributed by atoms with Gasteiger partial charge in [-0.25, -0.2) is 26.6 Å². The van der Waals surface area contributed by atoms with E-state index in [2.05, 4.69) is 15.3 Å². The Hall–Kier alpha value is -2.92. The Kier molecular flexibility index (Phi) is 5.02. The maximum Gasteiger partial charge on any atom is 0.257 e. The smallest absolute Gasteiger partial charge is 0.257 e. The van der Waals surface area contributed by atoms with Gasteiger partial charge in [0.25, 0.3) is 5.91 Å². The monoisotopic (exact) mass is 438 g/mol. The van der Waals surface area contributed by atoms with Gasteiger partial charge in [-0.15, -0.1) is 0 Å². The molecule has 2 heterocycles. The summed E-state index contributed by atoms with van der Waals surface area (Å²) in [6.45, 7) is 1.39. The summed E-state index contributed by atoms with van der Waals surface area (Å²) in [4.78, 5) is 19.4. The molecule has 1 aliphatic heterocycles. The van der Waals surface area contributed by atoms with Crippen LogP contribution in [0.3, 0.4) is 0 Å². The molecule has 2 atom stereocenters. The Balaban J connectivity index is 1.72. The zero-order valence-corrected chi connectivity index (χ0v) is 16.5. The number of anilines is 1. The van der Waals surface area contributed by atoms with Crippen LogP contribution in [0.4, 0.5) is 18.9 Å². The number of aromatic amines is 1. The first kappa shape index (κ1) is 20.4. The Morgan fingerprint density at radius 3 is 2.63 bits per heavy atom. The van der Waals surface area contributed by atoms with E-state index in [1.54, 1.807) is 6.92 Å².